The zero-order chi connectivity index (χ0) is 33.3. The monoisotopic (exact) mass is 721 g/mol. The number of nitrogens with one attached hydrogen (secondary N) is 1. The first kappa shape index (κ1) is 35.3. The van der Waals surface area contributed by atoms with Crippen LogP contribution in [-0.4, -0.2) is 50.5 Å². The SMILES string of the molecule is CSc1ccc(S(=O)(=O)N(CC(=O)N(Cc2cccc(Br)c2)[C@@H](Cc2ccccc2)C(=O)NCC(C)C)c2ccc(C)cc2)cc1. The van der Waals surface area contributed by atoms with Gasteiger partial charge in [0.1, 0.15) is 12.6 Å². The van der Waals surface area contributed by atoms with Gasteiger partial charge in [-0.15, -0.1) is 11.8 Å². The average molecular weight is 723 g/mol. The molecule has 0 spiro atoms. The molecule has 1 N–H and O–H groups in total. The maximum absolute atomic E-state index is 14.6. The maximum atomic E-state index is 14.6. The standard InChI is InChI=1S/C36H40BrN3O4S2/c1-26(2)23-38-36(42)34(22-28-9-6-5-7-10-28)39(24-29-11-8-12-30(37)21-29)35(41)25-40(31-15-13-27(3)14-16-31)46(43,44)33-19-17-32(45-4)18-20-33/h5-21,26,34H,22-25H2,1-4H3,(H,38,42)/t34-/m0/s1. The second-order valence-electron chi connectivity index (χ2n) is 11.5. The van der Waals surface area contributed by atoms with Crippen molar-refractivity contribution in [3.63, 3.8) is 0 Å². The van der Waals surface area contributed by atoms with E-state index in [4.69, 9.17) is 0 Å². The highest BCUT2D eigenvalue weighted by Gasteiger charge is 2.34. The van der Waals surface area contributed by atoms with Crippen LogP contribution < -0.4 is 9.62 Å². The van der Waals surface area contributed by atoms with Crippen LogP contribution in [-0.2, 0) is 32.6 Å². The lowest BCUT2D eigenvalue weighted by atomic mass is 10.0. The highest BCUT2D eigenvalue weighted by atomic mass is 79.9. The number of hydrogen-bond donors (Lipinski definition) is 1. The third-order valence-corrected chi connectivity index (χ3v) is 10.5. The lowest BCUT2D eigenvalue weighted by Gasteiger charge is -2.34. The van der Waals surface area contributed by atoms with E-state index in [0.717, 1.165) is 30.4 Å². The molecule has 0 aromatic heterocycles. The van der Waals surface area contributed by atoms with Crippen LogP contribution in [0.5, 0.6) is 0 Å². The summed E-state index contributed by atoms with van der Waals surface area (Å²) < 4.78 is 30.4. The normalized spacial score (nSPS) is 12.0. The Balaban J connectivity index is 1.79. The van der Waals surface area contributed by atoms with Crippen molar-refractivity contribution < 1.29 is 18.0 Å². The van der Waals surface area contributed by atoms with Gasteiger partial charge >= 0.3 is 0 Å². The van der Waals surface area contributed by atoms with Gasteiger partial charge in [0.2, 0.25) is 11.8 Å². The Morgan fingerprint density at radius 2 is 1.52 bits per heavy atom. The Hall–Kier alpha value is -3.60. The van der Waals surface area contributed by atoms with Gasteiger partial charge in [0.15, 0.2) is 0 Å². The zero-order valence-corrected chi connectivity index (χ0v) is 29.7. The number of hydrogen-bond acceptors (Lipinski definition) is 5. The number of carbonyl (C=O) groups is 2. The lowest BCUT2D eigenvalue weighted by Crippen LogP contribution is -2.53. The quantitative estimate of drug-likeness (QED) is 0.141. The second-order valence-corrected chi connectivity index (χ2v) is 15.2. The molecule has 10 heteroatoms. The Kier molecular flexibility index (Phi) is 12.5. The van der Waals surface area contributed by atoms with Gasteiger partial charge in [0, 0.05) is 28.9 Å². The molecule has 7 nitrogen and oxygen atoms in total. The number of halogens is 1. The molecule has 1 atom stereocenters. The van der Waals surface area contributed by atoms with Gasteiger partial charge < -0.3 is 10.2 Å². The predicted molar refractivity (Wildman–Crippen MR) is 190 cm³/mol. The molecular weight excluding hydrogens is 682 g/mol. The van der Waals surface area contributed by atoms with Crippen molar-refractivity contribution in [3.05, 3.63) is 124 Å². The van der Waals surface area contributed by atoms with E-state index in [1.54, 1.807) is 36.4 Å². The first-order valence-corrected chi connectivity index (χ1v) is 18.5. The topological polar surface area (TPSA) is 86.8 Å². The highest BCUT2D eigenvalue weighted by Crippen LogP contribution is 2.27. The first-order valence-electron chi connectivity index (χ1n) is 15.1. The molecule has 0 radical (unpaired) electrons. The van der Waals surface area contributed by atoms with Gasteiger partial charge in [-0.05, 0) is 78.8 Å². The molecule has 2 amide bonds. The van der Waals surface area contributed by atoms with E-state index in [9.17, 15) is 18.0 Å². The van der Waals surface area contributed by atoms with Crippen LogP contribution in [0.2, 0.25) is 0 Å². The van der Waals surface area contributed by atoms with Crippen molar-refractivity contribution in [1.82, 2.24) is 10.2 Å². The third-order valence-electron chi connectivity index (χ3n) is 7.45. The van der Waals surface area contributed by atoms with E-state index in [0.29, 0.717) is 12.2 Å². The summed E-state index contributed by atoms with van der Waals surface area (Å²) in [5.74, 6) is -0.584. The summed E-state index contributed by atoms with van der Waals surface area (Å²) in [6.07, 6.45) is 2.18. The predicted octanol–water partition coefficient (Wildman–Crippen LogP) is 7.09. The van der Waals surface area contributed by atoms with Crippen LogP contribution in [0.3, 0.4) is 0 Å². The molecule has 0 fully saturated rings. The Morgan fingerprint density at radius 3 is 2.13 bits per heavy atom. The van der Waals surface area contributed by atoms with E-state index < -0.39 is 28.5 Å². The summed E-state index contributed by atoms with van der Waals surface area (Å²) in [6.45, 7) is 5.99. The van der Waals surface area contributed by atoms with Crippen LogP contribution in [0.15, 0.2) is 117 Å². The van der Waals surface area contributed by atoms with Crippen LogP contribution in [0.25, 0.3) is 0 Å². The number of benzene rings is 4. The van der Waals surface area contributed by atoms with Crippen LogP contribution in [0.4, 0.5) is 5.69 Å². The van der Waals surface area contributed by atoms with Crippen molar-refractivity contribution >= 4 is 55.2 Å². The number of aryl methyl sites for hydroxylation is 1. The Morgan fingerprint density at radius 1 is 0.870 bits per heavy atom. The number of sulfonamides is 1. The van der Waals surface area contributed by atoms with Gasteiger partial charge in [-0.2, -0.15) is 0 Å². The average Bonchev–Trinajstić information content (AvgIpc) is 3.05. The molecule has 46 heavy (non-hydrogen) atoms. The van der Waals surface area contributed by atoms with Gasteiger partial charge in [0.05, 0.1) is 10.6 Å². The van der Waals surface area contributed by atoms with E-state index in [1.165, 1.54) is 16.7 Å². The Bertz CT molecular complexity index is 1710. The number of thioether (sulfide) groups is 1. The summed E-state index contributed by atoms with van der Waals surface area (Å²) >= 11 is 5.03. The van der Waals surface area contributed by atoms with Crippen LogP contribution in [0.1, 0.15) is 30.5 Å². The number of nitrogens with zero attached hydrogens (tertiary/aromatic N) is 2. The molecule has 0 unspecified atom stereocenters. The smallest absolute Gasteiger partial charge is 0.264 e. The molecule has 0 heterocycles. The van der Waals surface area contributed by atoms with Crippen molar-refractivity contribution in [2.75, 3.05) is 23.7 Å². The second kappa shape index (κ2) is 16.3. The Labute approximate surface area is 285 Å². The summed E-state index contributed by atoms with van der Waals surface area (Å²) in [6, 6.07) is 29.8. The fourth-order valence-corrected chi connectivity index (χ4v) is 7.19. The van der Waals surface area contributed by atoms with Gasteiger partial charge in [0.25, 0.3) is 10.0 Å². The fourth-order valence-electron chi connectivity index (χ4n) is 4.92. The summed E-state index contributed by atoms with van der Waals surface area (Å²) in [7, 11) is -4.16. The lowest BCUT2D eigenvalue weighted by molar-refractivity contribution is -0.140. The van der Waals surface area contributed by atoms with E-state index in [2.05, 4.69) is 21.2 Å². The molecular formula is C36H40BrN3O4S2. The van der Waals surface area contributed by atoms with Crippen molar-refractivity contribution in [2.24, 2.45) is 5.92 Å². The molecule has 242 valence electrons. The number of anilines is 1. The molecule has 0 saturated carbocycles. The molecule has 0 bridgehead atoms. The minimum atomic E-state index is -4.16. The van der Waals surface area contributed by atoms with Crippen LogP contribution in [0, 0.1) is 12.8 Å². The minimum Gasteiger partial charge on any atom is -0.354 e. The molecule has 4 aromatic carbocycles. The molecule has 0 aliphatic carbocycles. The minimum absolute atomic E-state index is 0.0766. The van der Waals surface area contributed by atoms with E-state index in [-0.39, 0.29) is 29.7 Å². The molecule has 0 aliphatic rings. The van der Waals surface area contributed by atoms with Crippen molar-refractivity contribution in [3.8, 4) is 0 Å². The van der Waals surface area contributed by atoms with Crippen LogP contribution >= 0.6 is 27.7 Å². The summed E-state index contributed by atoms with van der Waals surface area (Å²) in [4.78, 5) is 31.0. The van der Waals surface area contributed by atoms with Gasteiger partial charge in [-0.1, -0.05) is 89.9 Å². The number of rotatable bonds is 14. The highest BCUT2D eigenvalue weighted by molar-refractivity contribution is 9.10. The van der Waals surface area contributed by atoms with Crippen molar-refractivity contribution in [2.45, 2.75) is 49.6 Å². The third kappa shape index (κ3) is 9.47. The maximum Gasteiger partial charge on any atom is 0.264 e. The van der Waals surface area contributed by atoms with Gasteiger partial charge in [-0.25, -0.2) is 8.42 Å². The first-order chi connectivity index (χ1) is 22.0. The zero-order valence-electron chi connectivity index (χ0n) is 26.5. The molecule has 0 saturated heterocycles. The van der Waals surface area contributed by atoms with E-state index in [1.807, 2.05) is 93.8 Å². The van der Waals surface area contributed by atoms with Gasteiger partial charge in [-0.3, -0.25) is 13.9 Å². The number of carbonyl (C=O) groups excluding carboxylic acids is 2. The summed E-state index contributed by atoms with van der Waals surface area (Å²) in [5.41, 5.74) is 3.00. The summed E-state index contributed by atoms with van der Waals surface area (Å²) in [5, 5.41) is 3.02. The van der Waals surface area contributed by atoms with E-state index >= 15 is 0 Å². The molecule has 0 aliphatic heterocycles. The molecule has 4 aromatic rings. The molecule has 4 rings (SSSR count). The van der Waals surface area contributed by atoms with Crippen molar-refractivity contribution in [1.29, 1.82) is 0 Å². The largest absolute Gasteiger partial charge is 0.354 e. The number of amides is 2. The fraction of sp³-hybridized carbons (Fsp3) is 0.278.